The second-order valence-electron chi connectivity index (χ2n) is 4.97. The molecule has 0 saturated heterocycles. The standard InChI is InChI=1S/C16H16O4S/c1-11-8-14(16(17)18)9-15(12(11)2)21(19,20)10-13-6-4-3-5-7-13/h3-9H,10H2,1-2H3,(H,17,18). The molecule has 0 aliphatic heterocycles. The van der Waals surface area contributed by atoms with Gasteiger partial charge in [0.05, 0.1) is 16.2 Å². The normalized spacial score (nSPS) is 11.3. The first-order valence-corrected chi connectivity index (χ1v) is 8.08. The van der Waals surface area contributed by atoms with Gasteiger partial charge in [-0.25, -0.2) is 13.2 Å². The Morgan fingerprint density at radius 3 is 2.29 bits per heavy atom. The van der Waals surface area contributed by atoms with Crippen LogP contribution in [-0.2, 0) is 15.6 Å². The number of carbonyl (C=O) groups is 1. The van der Waals surface area contributed by atoms with Crippen molar-refractivity contribution in [3.63, 3.8) is 0 Å². The second-order valence-corrected chi connectivity index (χ2v) is 6.92. The van der Waals surface area contributed by atoms with Crippen LogP contribution in [0.25, 0.3) is 0 Å². The molecule has 0 atom stereocenters. The maximum absolute atomic E-state index is 12.6. The zero-order valence-electron chi connectivity index (χ0n) is 11.8. The van der Waals surface area contributed by atoms with E-state index in [1.807, 2.05) is 6.07 Å². The van der Waals surface area contributed by atoms with E-state index in [9.17, 15) is 13.2 Å². The molecule has 5 heteroatoms. The Kier molecular flexibility index (Phi) is 4.14. The largest absolute Gasteiger partial charge is 0.478 e. The quantitative estimate of drug-likeness (QED) is 0.942. The molecule has 0 aliphatic rings. The summed E-state index contributed by atoms with van der Waals surface area (Å²) in [6.07, 6.45) is 0. The molecular formula is C16H16O4S. The molecule has 1 N–H and O–H groups in total. The molecular weight excluding hydrogens is 288 g/mol. The predicted molar refractivity (Wildman–Crippen MR) is 80.2 cm³/mol. The number of hydrogen-bond acceptors (Lipinski definition) is 3. The van der Waals surface area contributed by atoms with E-state index in [4.69, 9.17) is 5.11 Å². The third kappa shape index (κ3) is 3.31. The Morgan fingerprint density at radius 1 is 1.10 bits per heavy atom. The minimum absolute atomic E-state index is 0.00950. The highest BCUT2D eigenvalue weighted by atomic mass is 32.2. The molecule has 0 aliphatic carbocycles. The third-order valence-electron chi connectivity index (χ3n) is 3.40. The first kappa shape index (κ1) is 15.3. The number of carboxylic acids is 1. The van der Waals surface area contributed by atoms with Gasteiger partial charge in [-0.05, 0) is 42.7 Å². The van der Waals surface area contributed by atoms with E-state index in [1.165, 1.54) is 12.1 Å². The fraction of sp³-hybridized carbons (Fsp3) is 0.188. The van der Waals surface area contributed by atoms with Crippen LogP contribution < -0.4 is 0 Å². The van der Waals surface area contributed by atoms with E-state index >= 15 is 0 Å². The summed E-state index contributed by atoms with van der Waals surface area (Å²) >= 11 is 0. The lowest BCUT2D eigenvalue weighted by Crippen LogP contribution is -2.10. The topological polar surface area (TPSA) is 71.4 Å². The predicted octanol–water partition coefficient (Wildman–Crippen LogP) is 2.98. The van der Waals surface area contributed by atoms with Crippen LogP contribution >= 0.6 is 0 Å². The molecule has 0 amide bonds. The van der Waals surface area contributed by atoms with Gasteiger partial charge in [0.15, 0.2) is 9.84 Å². The Morgan fingerprint density at radius 2 is 1.71 bits per heavy atom. The monoisotopic (exact) mass is 304 g/mol. The molecule has 110 valence electrons. The van der Waals surface area contributed by atoms with Crippen molar-refractivity contribution < 1.29 is 18.3 Å². The lowest BCUT2D eigenvalue weighted by Gasteiger charge is -2.11. The van der Waals surface area contributed by atoms with Gasteiger partial charge in [-0.15, -0.1) is 0 Å². The lowest BCUT2D eigenvalue weighted by atomic mass is 10.1. The molecule has 0 fully saturated rings. The van der Waals surface area contributed by atoms with Crippen LogP contribution in [0.4, 0.5) is 0 Å². The Labute approximate surface area is 124 Å². The molecule has 0 radical (unpaired) electrons. The minimum atomic E-state index is -3.59. The van der Waals surface area contributed by atoms with Crippen molar-refractivity contribution in [3.8, 4) is 0 Å². The molecule has 2 aromatic carbocycles. The van der Waals surface area contributed by atoms with Gasteiger partial charge >= 0.3 is 5.97 Å². The molecule has 0 unspecified atom stereocenters. The first-order valence-electron chi connectivity index (χ1n) is 6.42. The highest BCUT2D eigenvalue weighted by molar-refractivity contribution is 7.90. The summed E-state index contributed by atoms with van der Waals surface area (Å²) in [7, 11) is -3.59. The molecule has 2 aromatic rings. The van der Waals surface area contributed by atoms with Crippen LogP contribution in [-0.4, -0.2) is 19.5 Å². The van der Waals surface area contributed by atoms with E-state index in [0.717, 1.165) is 0 Å². The summed E-state index contributed by atoms with van der Waals surface area (Å²) in [5.41, 5.74) is 1.91. The number of aryl methyl sites for hydroxylation is 1. The first-order chi connectivity index (χ1) is 9.81. The van der Waals surface area contributed by atoms with Crippen LogP contribution in [0.15, 0.2) is 47.4 Å². The van der Waals surface area contributed by atoms with Gasteiger partial charge in [-0.3, -0.25) is 0 Å². The van der Waals surface area contributed by atoms with E-state index < -0.39 is 15.8 Å². The van der Waals surface area contributed by atoms with E-state index in [2.05, 4.69) is 0 Å². The number of benzene rings is 2. The summed E-state index contributed by atoms with van der Waals surface area (Å²) < 4.78 is 25.1. The summed E-state index contributed by atoms with van der Waals surface area (Å²) in [5, 5.41) is 9.09. The van der Waals surface area contributed by atoms with Gasteiger partial charge in [0, 0.05) is 0 Å². The average Bonchev–Trinajstić information content (AvgIpc) is 2.41. The number of carboxylic acid groups (broad SMARTS) is 1. The van der Waals surface area contributed by atoms with Crippen molar-refractivity contribution in [3.05, 3.63) is 64.7 Å². The van der Waals surface area contributed by atoms with Crippen molar-refractivity contribution in [2.75, 3.05) is 0 Å². The van der Waals surface area contributed by atoms with Gasteiger partial charge in [0.2, 0.25) is 0 Å². The van der Waals surface area contributed by atoms with Crippen molar-refractivity contribution in [1.82, 2.24) is 0 Å². The van der Waals surface area contributed by atoms with Gasteiger partial charge in [0.25, 0.3) is 0 Å². The minimum Gasteiger partial charge on any atom is -0.478 e. The van der Waals surface area contributed by atoms with Crippen LogP contribution in [0.2, 0.25) is 0 Å². The highest BCUT2D eigenvalue weighted by Crippen LogP contribution is 2.24. The number of hydrogen-bond donors (Lipinski definition) is 1. The highest BCUT2D eigenvalue weighted by Gasteiger charge is 2.21. The van der Waals surface area contributed by atoms with Crippen LogP contribution in [0.3, 0.4) is 0 Å². The summed E-state index contributed by atoms with van der Waals surface area (Å²) in [5.74, 6) is -1.27. The van der Waals surface area contributed by atoms with Gasteiger partial charge < -0.3 is 5.11 Å². The second kappa shape index (κ2) is 5.69. The van der Waals surface area contributed by atoms with Gasteiger partial charge in [-0.1, -0.05) is 30.3 Å². The van der Waals surface area contributed by atoms with Crippen molar-refractivity contribution in [2.45, 2.75) is 24.5 Å². The molecule has 0 bridgehead atoms. The number of rotatable bonds is 4. The zero-order valence-corrected chi connectivity index (χ0v) is 12.6. The van der Waals surface area contributed by atoms with E-state index in [0.29, 0.717) is 16.7 Å². The summed E-state index contributed by atoms with van der Waals surface area (Å²) in [4.78, 5) is 11.2. The Bertz CT molecular complexity index is 777. The number of aromatic carboxylic acids is 1. The maximum atomic E-state index is 12.6. The van der Waals surface area contributed by atoms with Crippen molar-refractivity contribution in [1.29, 1.82) is 0 Å². The third-order valence-corrected chi connectivity index (χ3v) is 5.21. The molecule has 4 nitrogen and oxygen atoms in total. The average molecular weight is 304 g/mol. The van der Waals surface area contributed by atoms with Crippen molar-refractivity contribution >= 4 is 15.8 Å². The summed E-state index contributed by atoms with van der Waals surface area (Å²) in [6, 6.07) is 11.6. The van der Waals surface area contributed by atoms with Crippen molar-refractivity contribution in [2.24, 2.45) is 0 Å². The summed E-state index contributed by atoms with van der Waals surface area (Å²) in [6.45, 7) is 3.40. The van der Waals surface area contributed by atoms with E-state index in [1.54, 1.807) is 38.1 Å². The Hall–Kier alpha value is -2.14. The fourth-order valence-electron chi connectivity index (χ4n) is 2.14. The van der Waals surface area contributed by atoms with Crippen LogP contribution in [0, 0.1) is 13.8 Å². The molecule has 21 heavy (non-hydrogen) atoms. The molecule has 2 rings (SSSR count). The van der Waals surface area contributed by atoms with Gasteiger partial charge in [0.1, 0.15) is 0 Å². The maximum Gasteiger partial charge on any atom is 0.335 e. The van der Waals surface area contributed by atoms with Gasteiger partial charge in [-0.2, -0.15) is 0 Å². The van der Waals surface area contributed by atoms with Crippen LogP contribution in [0.1, 0.15) is 27.0 Å². The molecule has 0 saturated carbocycles. The SMILES string of the molecule is Cc1cc(C(=O)O)cc(S(=O)(=O)Cc2ccccc2)c1C. The number of sulfone groups is 1. The molecule has 0 heterocycles. The van der Waals surface area contributed by atoms with E-state index in [-0.39, 0.29) is 16.2 Å². The smallest absolute Gasteiger partial charge is 0.335 e. The lowest BCUT2D eigenvalue weighted by molar-refractivity contribution is 0.0696. The zero-order chi connectivity index (χ0) is 15.6. The fourth-order valence-corrected chi connectivity index (χ4v) is 3.87. The molecule has 0 spiro atoms. The Balaban J connectivity index is 2.52. The van der Waals surface area contributed by atoms with Crippen LogP contribution in [0.5, 0.6) is 0 Å². The molecule has 0 aromatic heterocycles.